The molecule has 0 aromatic carbocycles. The van der Waals surface area contributed by atoms with Gasteiger partial charge in [-0.3, -0.25) is 19.2 Å². The monoisotopic (exact) mass is 447 g/mol. The SMILES string of the molecule is CC(C)C(N)C(=O)NC(C(=O)NC(CS)C(=O)NC(CCC(N)=O)C(=O)O)C(C)C. The zero-order chi connectivity index (χ0) is 23.6. The van der Waals surface area contributed by atoms with Crippen LogP contribution in [-0.2, 0) is 24.0 Å². The molecule has 0 saturated carbocycles. The molecule has 0 radical (unpaired) electrons. The van der Waals surface area contributed by atoms with Crippen molar-refractivity contribution < 1.29 is 29.1 Å². The van der Waals surface area contributed by atoms with Gasteiger partial charge in [0.15, 0.2) is 0 Å². The van der Waals surface area contributed by atoms with Gasteiger partial charge in [0.2, 0.25) is 23.6 Å². The van der Waals surface area contributed by atoms with E-state index >= 15 is 0 Å². The van der Waals surface area contributed by atoms with E-state index in [2.05, 4.69) is 28.6 Å². The van der Waals surface area contributed by atoms with Crippen LogP contribution in [-0.4, -0.2) is 64.6 Å². The summed E-state index contributed by atoms with van der Waals surface area (Å²) < 4.78 is 0. The number of nitrogens with one attached hydrogen (secondary N) is 3. The van der Waals surface area contributed by atoms with Crippen molar-refractivity contribution in [1.29, 1.82) is 0 Å². The molecule has 11 nitrogen and oxygen atoms in total. The van der Waals surface area contributed by atoms with Crippen LogP contribution in [0.4, 0.5) is 0 Å². The summed E-state index contributed by atoms with van der Waals surface area (Å²) in [7, 11) is 0. The van der Waals surface area contributed by atoms with E-state index in [0.29, 0.717) is 0 Å². The number of carbonyl (C=O) groups excluding carboxylic acids is 4. The zero-order valence-corrected chi connectivity index (χ0v) is 18.6. The molecule has 0 heterocycles. The lowest BCUT2D eigenvalue weighted by atomic mass is 10.00. The van der Waals surface area contributed by atoms with E-state index in [-0.39, 0.29) is 30.4 Å². The van der Waals surface area contributed by atoms with Crippen LogP contribution >= 0.6 is 12.6 Å². The number of rotatable bonds is 13. The van der Waals surface area contributed by atoms with Gasteiger partial charge >= 0.3 is 5.97 Å². The predicted molar refractivity (Wildman–Crippen MR) is 113 cm³/mol. The Morgan fingerprint density at radius 3 is 1.80 bits per heavy atom. The molecule has 0 aliphatic rings. The average Bonchev–Trinajstić information content (AvgIpc) is 2.65. The Kier molecular flexibility index (Phi) is 12.0. The molecule has 4 amide bonds. The van der Waals surface area contributed by atoms with Crippen LogP contribution in [0, 0.1) is 11.8 Å². The third-order valence-corrected chi connectivity index (χ3v) is 4.74. The molecule has 0 rings (SSSR count). The highest BCUT2D eigenvalue weighted by atomic mass is 32.1. The fourth-order valence-electron chi connectivity index (χ4n) is 2.36. The smallest absolute Gasteiger partial charge is 0.326 e. The van der Waals surface area contributed by atoms with Crippen molar-refractivity contribution >= 4 is 42.2 Å². The highest BCUT2D eigenvalue weighted by molar-refractivity contribution is 7.80. The summed E-state index contributed by atoms with van der Waals surface area (Å²) in [6.07, 6.45) is -0.422. The maximum Gasteiger partial charge on any atom is 0.326 e. The van der Waals surface area contributed by atoms with Crippen molar-refractivity contribution in [3.8, 4) is 0 Å². The number of amides is 4. The van der Waals surface area contributed by atoms with E-state index in [1.165, 1.54) is 0 Å². The number of aliphatic carboxylic acids is 1. The molecule has 12 heteroatoms. The summed E-state index contributed by atoms with van der Waals surface area (Å²) >= 11 is 4.03. The first-order valence-electron chi connectivity index (χ1n) is 9.60. The molecule has 0 fully saturated rings. The number of nitrogens with two attached hydrogens (primary N) is 2. The molecule has 0 bridgehead atoms. The van der Waals surface area contributed by atoms with E-state index in [4.69, 9.17) is 11.5 Å². The molecule has 0 spiro atoms. The van der Waals surface area contributed by atoms with Gasteiger partial charge in [0, 0.05) is 12.2 Å². The molecular weight excluding hydrogens is 414 g/mol. The minimum absolute atomic E-state index is 0.121. The zero-order valence-electron chi connectivity index (χ0n) is 17.7. The Morgan fingerprint density at radius 2 is 1.40 bits per heavy atom. The van der Waals surface area contributed by atoms with Gasteiger partial charge in [-0.05, 0) is 18.3 Å². The third kappa shape index (κ3) is 9.44. The fourth-order valence-corrected chi connectivity index (χ4v) is 2.62. The lowest BCUT2D eigenvalue weighted by Gasteiger charge is -2.27. The van der Waals surface area contributed by atoms with Crippen molar-refractivity contribution in [2.75, 3.05) is 5.75 Å². The van der Waals surface area contributed by atoms with Crippen LogP contribution in [0.25, 0.3) is 0 Å². The van der Waals surface area contributed by atoms with Crippen molar-refractivity contribution in [3.63, 3.8) is 0 Å². The van der Waals surface area contributed by atoms with E-state index in [9.17, 15) is 29.1 Å². The molecule has 30 heavy (non-hydrogen) atoms. The Labute approximate surface area is 181 Å². The van der Waals surface area contributed by atoms with Gasteiger partial charge < -0.3 is 32.5 Å². The minimum atomic E-state index is -1.35. The molecule has 0 aromatic rings. The largest absolute Gasteiger partial charge is 0.480 e. The fraction of sp³-hybridized carbons (Fsp3) is 0.722. The van der Waals surface area contributed by atoms with Gasteiger partial charge in [0.05, 0.1) is 6.04 Å². The van der Waals surface area contributed by atoms with Crippen molar-refractivity contribution in [3.05, 3.63) is 0 Å². The van der Waals surface area contributed by atoms with E-state index in [1.54, 1.807) is 27.7 Å². The van der Waals surface area contributed by atoms with Crippen LogP contribution in [0.3, 0.4) is 0 Å². The van der Waals surface area contributed by atoms with Crippen molar-refractivity contribution in [2.24, 2.45) is 23.3 Å². The Balaban J connectivity index is 5.17. The summed E-state index contributed by atoms with van der Waals surface area (Å²) in [5, 5.41) is 16.5. The Morgan fingerprint density at radius 1 is 0.867 bits per heavy atom. The highest BCUT2D eigenvalue weighted by Crippen LogP contribution is 2.06. The third-order valence-electron chi connectivity index (χ3n) is 4.38. The first-order chi connectivity index (χ1) is 13.8. The molecule has 0 aromatic heterocycles. The quantitative estimate of drug-likeness (QED) is 0.164. The molecule has 0 aliphatic carbocycles. The molecule has 172 valence electrons. The number of thiol groups is 1. The number of carboxylic acid groups (broad SMARTS) is 1. The second kappa shape index (κ2) is 13.1. The van der Waals surface area contributed by atoms with E-state index < -0.39 is 53.8 Å². The number of carbonyl (C=O) groups is 5. The summed E-state index contributed by atoms with van der Waals surface area (Å²) in [5.74, 6) is -4.53. The Hall–Kier alpha value is -2.34. The van der Waals surface area contributed by atoms with Gasteiger partial charge in [-0.15, -0.1) is 0 Å². The van der Waals surface area contributed by atoms with Crippen molar-refractivity contribution in [2.45, 2.75) is 64.7 Å². The number of carboxylic acids is 1. The number of hydrogen-bond acceptors (Lipinski definition) is 7. The lowest BCUT2D eigenvalue weighted by Crippen LogP contribution is -2.59. The first-order valence-corrected chi connectivity index (χ1v) is 10.2. The second-order valence-corrected chi connectivity index (χ2v) is 8.01. The van der Waals surface area contributed by atoms with Crippen LogP contribution in [0.5, 0.6) is 0 Å². The minimum Gasteiger partial charge on any atom is -0.480 e. The summed E-state index contributed by atoms with van der Waals surface area (Å²) in [5.41, 5.74) is 10.8. The summed E-state index contributed by atoms with van der Waals surface area (Å²) in [6, 6.07) is -4.27. The van der Waals surface area contributed by atoms with E-state index in [0.717, 1.165) is 0 Å². The van der Waals surface area contributed by atoms with Crippen LogP contribution < -0.4 is 27.4 Å². The van der Waals surface area contributed by atoms with Crippen LogP contribution in [0.2, 0.25) is 0 Å². The maximum absolute atomic E-state index is 12.7. The predicted octanol–water partition coefficient (Wildman–Crippen LogP) is -1.64. The number of primary amides is 1. The molecule has 8 N–H and O–H groups in total. The van der Waals surface area contributed by atoms with Gasteiger partial charge in [-0.2, -0.15) is 12.6 Å². The second-order valence-electron chi connectivity index (χ2n) is 7.65. The summed E-state index contributed by atoms with van der Waals surface area (Å²) in [6.45, 7) is 6.97. The Bertz CT molecular complexity index is 643. The molecule has 0 aliphatic heterocycles. The van der Waals surface area contributed by atoms with Crippen LogP contribution in [0.15, 0.2) is 0 Å². The standard InChI is InChI=1S/C18H33N5O6S/c1-8(2)13(20)16(26)23-14(9(3)4)17(27)22-11(7-30)15(25)21-10(18(28)29)5-6-12(19)24/h8-11,13-14,30H,5-7,20H2,1-4H3,(H2,19,24)(H,21,25)(H,22,27)(H,23,26)(H,28,29). The lowest BCUT2D eigenvalue weighted by molar-refractivity contribution is -0.142. The molecular formula is C18H33N5O6S. The first kappa shape index (κ1) is 27.7. The molecule has 4 unspecified atom stereocenters. The normalized spacial score (nSPS) is 15.1. The summed E-state index contributed by atoms with van der Waals surface area (Å²) in [4.78, 5) is 59.5. The molecule has 4 atom stereocenters. The van der Waals surface area contributed by atoms with Crippen LogP contribution in [0.1, 0.15) is 40.5 Å². The van der Waals surface area contributed by atoms with Gasteiger partial charge in [0.25, 0.3) is 0 Å². The molecule has 0 saturated heterocycles. The van der Waals surface area contributed by atoms with E-state index in [1.807, 2.05) is 0 Å². The maximum atomic E-state index is 12.7. The highest BCUT2D eigenvalue weighted by Gasteiger charge is 2.31. The van der Waals surface area contributed by atoms with Gasteiger partial charge in [0.1, 0.15) is 18.1 Å². The number of hydrogen-bond donors (Lipinski definition) is 7. The van der Waals surface area contributed by atoms with Gasteiger partial charge in [-0.25, -0.2) is 4.79 Å². The van der Waals surface area contributed by atoms with Gasteiger partial charge in [-0.1, -0.05) is 27.7 Å². The average molecular weight is 448 g/mol. The topological polar surface area (TPSA) is 194 Å². The van der Waals surface area contributed by atoms with Crippen molar-refractivity contribution in [1.82, 2.24) is 16.0 Å².